The molecule has 92 heavy (non-hydrogen) atoms. The highest BCUT2D eigenvalue weighted by molar-refractivity contribution is 6.13. The van der Waals surface area contributed by atoms with E-state index in [0.29, 0.717) is 77.5 Å². The summed E-state index contributed by atoms with van der Waals surface area (Å²) in [5.74, 6) is -1.99. The van der Waals surface area contributed by atoms with Crippen LogP contribution in [0, 0.1) is 5.92 Å². The molecule has 1 aromatic heterocycles. The van der Waals surface area contributed by atoms with Crippen LogP contribution in [0.2, 0.25) is 0 Å². The number of amides is 8. The van der Waals surface area contributed by atoms with Gasteiger partial charge in [-0.2, -0.15) is 0 Å². The molecule has 6 heterocycles. The molecule has 4 N–H and O–H groups in total. The van der Waals surface area contributed by atoms with Crippen molar-refractivity contribution in [3.05, 3.63) is 178 Å². The summed E-state index contributed by atoms with van der Waals surface area (Å²) in [5.41, 5.74) is 7.15. The zero-order valence-electron chi connectivity index (χ0n) is 51.6. The number of nitrogens with zero attached hydrogens (tertiary/aromatic N) is 6. The predicted octanol–water partition coefficient (Wildman–Crippen LogP) is 7.65. The third-order valence-electron chi connectivity index (χ3n) is 17.0. The standard InChI is InChI=1S/C69H71N9O14/c1-40(2)63(74-60(79)17-7-6-12-26-75-61(80)22-23-62(75)81)65(83)72-41(3)64(82)73-48-20-18-42(19-21-48)37-92-69(87)78-54-33-59(57(89-5)31-52(54)67(85)77-36-47-16-11-9-14-45(47)29-55(77)68(78)86)90-38-43-24-25-70-49(27-43)39-91-58-32-53-51(30-56(58)88-4)66(84)76-35-46-15-10-8-13-44(46)28-50(76)34-71-53/h8-11,13-16,18-25,27,30-34,40-41,50,55,63,68,86H,6-7,12,17,26,28-29,35-39H2,1-5H3,(H,72,83)(H,73,82)(H,74,79)/t41-,50?,55?,63-,68?/m0/s1. The number of carbonyl (C=O) groups excluding carboxylic acids is 8. The van der Waals surface area contributed by atoms with Crippen LogP contribution in [0.1, 0.15) is 106 Å². The second-order valence-corrected chi connectivity index (χ2v) is 23.5. The number of unbranched alkanes of at least 4 members (excludes halogenated alkanes) is 2. The first kappa shape index (κ1) is 63.2. The first-order chi connectivity index (χ1) is 44.4. The number of aliphatic hydroxyl groups is 1. The van der Waals surface area contributed by atoms with Gasteiger partial charge in [0, 0.05) is 68.4 Å². The Bertz CT molecular complexity index is 3910. The molecule has 5 aromatic carbocycles. The lowest BCUT2D eigenvalue weighted by molar-refractivity contribution is -0.137. The van der Waals surface area contributed by atoms with E-state index < -0.39 is 48.2 Å². The van der Waals surface area contributed by atoms with E-state index in [4.69, 9.17) is 28.7 Å². The first-order valence-corrected chi connectivity index (χ1v) is 30.6. The third-order valence-corrected chi connectivity index (χ3v) is 17.0. The fourth-order valence-corrected chi connectivity index (χ4v) is 11.9. The van der Waals surface area contributed by atoms with E-state index >= 15 is 0 Å². The van der Waals surface area contributed by atoms with Gasteiger partial charge >= 0.3 is 6.09 Å². The first-order valence-electron chi connectivity index (χ1n) is 30.6. The van der Waals surface area contributed by atoms with Gasteiger partial charge in [-0.15, -0.1) is 0 Å². The van der Waals surface area contributed by atoms with Crippen molar-refractivity contribution in [1.29, 1.82) is 0 Å². The summed E-state index contributed by atoms with van der Waals surface area (Å²) >= 11 is 0. The third kappa shape index (κ3) is 13.8. The number of nitrogens with one attached hydrogen (secondary N) is 3. The fraction of sp³-hybridized carbons (Fsp3) is 0.333. The highest BCUT2D eigenvalue weighted by atomic mass is 16.6. The molecule has 5 aliphatic heterocycles. The number of hydrogen-bond donors (Lipinski definition) is 4. The van der Waals surface area contributed by atoms with Gasteiger partial charge in [0.05, 0.1) is 54.5 Å². The second-order valence-electron chi connectivity index (χ2n) is 23.5. The Kier molecular flexibility index (Phi) is 19.1. The molecule has 11 rings (SSSR count). The summed E-state index contributed by atoms with van der Waals surface area (Å²) in [6, 6.07) is 29.0. The molecule has 0 fully saturated rings. The minimum atomic E-state index is -1.59. The van der Waals surface area contributed by atoms with Crippen molar-refractivity contribution in [2.75, 3.05) is 31.0 Å². The number of anilines is 2. The minimum absolute atomic E-state index is 0.0111. The number of imide groups is 1. The average molecular weight is 1250 g/mol. The molecule has 3 unspecified atom stereocenters. The summed E-state index contributed by atoms with van der Waals surface area (Å²) in [6.45, 7) is 5.65. The molecule has 5 atom stereocenters. The van der Waals surface area contributed by atoms with Crippen molar-refractivity contribution < 1.29 is 67.1 Å². The summed E-state index contributed by atoms with van der Waals surface area (Å²) in [7, 11) is 2.94. The van der Waals surface area contributed by atoms with Gasteiger partial charge in [0.2, 0.25) is 17.7 Å². The molecule has 8 amide bonds. The molecule has 23 nitrogen and oxygen atoms in total. The van der Waals surface area contributed by atoms with Crippen molar-refractivity contribution in [2.24, 2.45) is 10.9 Å². The highest BCUT2D eigenvalue weighted by Crippen LogP contribution is 2.43. The van der Waals surface area contributed by atoms with Crippen molar-refractivity contribution in [3.63, 3.8) is 0 Å². The molecule has 6 aromatic rings. The van der Waals surface area contributed by atoms with E-state index in [-0.39, 0.29) is 104 Å². The van der Waals surface area contributed by atoms with Crippen LogP contribution in [-0.2, 0) is 74.5 Å². The second kappa shape index (κ2) is 27.8. The van der Waals surface area contributed by atoms with Crippen LogP contribution >= 0.6 is 0 Å². The molecule has 23 heteroatoms. The number of carbonyl (C=O) groups is 8. The maximum Gasteiger partial charge on any atom is 0.416 e. The number of ether oxygens (including phenoxy) is 5. The maximum absolute atomic E-state index is 14.8. The van der Waals surface area contributed by atoms with Crippen molar-refractivity contribution >= 4 is 70.7 Å². The van der Waals surface area contributed by atoms with Crippen molar-refractivity contribution in [3.8, 4) is 23.0 Å². The number of aliphatic imine (C=N–C) groups is 1. The number of fused-ring (bicyclic) bond motifs is 6. The van der Waals surface area contributed by atoms with Gasteiger partial charge < -0.3 is 54.5 Å². The van der Waals surface area contributed by atoms with E-state index in [1.807, 2.05) is 53.6 Å². The van der Waals surface area contributed by atoms with Gasteiger partial charge in [-0.1, -0.05) is 80.9 Å². The number of methoxy groups -OCH3 is 2. The quantitative estimate of drug-likeness (QED) is 0.0375. The maximum atomic E-state index is 14.8. The van der Waals surface area contributed by atoms with E-state index in [9.17, 15) is 43.5 Å². The normalized spacial score (nSPS) is 17.6. The van der Waals surface area contributed by atoms with Gasteiger partial charge in [0.15, 0.2) is 29.2 Å². The molecule has 0 aliphatic carbocycles. The lowest BCUT2D eigenvalue weighted by Crippen LogP contribution is -2.55. The molecule has 0 saturated carbocycles. The van der Waals surface area contributed by atoms with Crippen LogP contribution in [0.15, 0.2) is 133 Å². The van der Waals surface area contributed by atoms with Crippen LogP contribution in [-0.4, -0.2) is 130 Å². The highest BCUT2D eigenvalue weighted by Gasteiger charge is 2.46. The van der Waals surface area contributed by atoms with Crippen LogP contribution < -0.4 is 39.8 Å². The minimum Gasteiger partial charge on any atom is -0.493 e. The van der Waals surface area contributed by atoms with E-state index in [1.165, 1.54) is 51.0 Å². The average Bonchev–Trinajstić information content (AvgIpc) is 1.58. The summed E-state index contributed by atoms with van der Waals surface area (Å²) in [6.07, 6.45) is 5.94. The van der Waals surface area contributed by atoms with Gasteiger partial charge in [0.25, 0.3) is 23.6 Å². The topological polar surface area (TPSA) is 277 Å². The van der Waals surface area contributed by atoms with Gasteiger partial charge in [-0.05, 0) is 108 Å². The van der Waals surface area contributed by atoms with Crippen LogP contribution in [0.5, 0.6) is 23.0 Å². The SMILES string of the molecule is COc1cc2c(cc1OCc1ccnc(COc3cc4c(cc3OC)C(=O)N3Cc5ccccc5CC3C=N4)c1)N(C(=O)OCc1ccc(NC(=O)[C@H](C)NC(=O)[C@@H](NC(=O)CCCCCN3C(=O)C=CC3=O)C(C)C)cc1)C(O)C1Cc3ccccc3CN1C2=O. The lowest BCUT2D eigenvalue weighted by atomic mass is 9.93. The monoisotopic (exact) mass is 1250 g/mol. The Hall–Kier alpha value is -10.4. The summed E-state index contributed by atoms with van der Waals surface area (Å²) in [5, 5.41) is 20.6. The van der Waals surface area contributed by atoms with Crippen LogP contribution in [0.4, 0.5) is 21.9 Å². The molecule has 0 radical (unpaired) electrons. The Morgan fingerprint density at radius 1 is 0.652 bits per heavy atom. The van der Waals surface area contributed by atoms with Gasteiger partial charge in [-0.25, -0.2) is 9.69 Å². The van der Waals surface area contributed by atoms with E-state index in [1.54, 1.807) is 73.5 Å². The molecule has 476 valence electrons. The molecular formula is C69H71N9O14. The summed E-state index contributed by atoms with van der Waals surface area (Å²) in [4.78, 5) is 121. The molecule has 0 spiro atoms. The van der Waals surface area contributed by atoms with Crippen molar-refractivity contribution in [2.45, 2.75) is 123 Å². The van der Waals surface area contributed by atoms with Crippen molar-refractivity contribution in [1.82, 2.24) is 30.3 Å². The molecule has 0 saturated heterocycles. The van der Waals surface area contributed by atoms with Crippen LogP contribution in [0.25, 0.3) is 0 Å². The van der Waals surface area contributed by atoms with Gasteiger partial charge in [-0.3, -0.25) is 48.4 Å². The number of pyridine rings is 1. The number of rotatable bonds is 22. The molecular weight excluding hydrogens is 1180 g/mol. The van der Waals surface area contributed by atoms with Gasteiger partial charge in [0.1, 0.15) is 31.9 Å². The number of aliphatic hydroxyl groups excluding tert-OH is 1. The number of aromatic nitrogens is 1. The molecule has 0 bridgehead atoms. The fourth-order valence-electron chi connectivity index (χ4n) is 11.9. The number of hydrogen-bond acceptors (Lipinski definition) is 16. The lowest BCUT2D eigenvalue weighted by Gasteiger charge is -2.39. The smallest absolute Gasteiger partial charge is 0.416 e. The Morgan fingerprint density at radius 3 is 1.99 bits per heavy atom. The predicted molar refractivity (Wildman–Crippen MR) is 337 cm³/mol. The Morgan fingerprint density at radius 2 is 1.29 bits per heavy atom. The van der Waals surface area contributed by atoms with Crippen LogP contribution in [0.3, 0.4) is 0 Å². The number of benzene rings is 5. The summed E-state index contributed by atoms with van der Waals surface area (Å²) < 4.78 is 30.2. The Labute approximate surface area is 531 Å². The zero-order valence-corrected chi connectivity index (χ0v) is 51.6. The van der Waals surface area contributed by atoms with E-state index in [2.05, 4.69) is 27.0 Å². The van der Waals surface area contributed by atoms with E-state index in [0.717, 1.165) is 26.5 Å². The Balaban J connectivity index is 0.733. The zero-order chi connectivity index (χ0) is 64.7. The largest absolute Gasteiger partial charge is 0.493 e. The molecule has 5 aliphatic rings.